The van der Waals surface area contributed by atoms with Crippen molar-refractivity contribution >= 4 is 11.7 Å². The van der Waals surface area contributed by atoms with Crippen LogP contribution < -0.4 is 11.1 Å². The number of esters is 1. The van der Waals surface area contributed by atoms with Crippen LogP contribution in [0.5, 0.6) is 0 Å². The topological polar surface area (TPSA) is 64.3 Å². The third-order valence-electron chi connectivity index (χ3n) is 3.45. The first kappa shape index (κ1) is 12.9. The summed E-state index contributed by atoms with van der Waals surface area (Å²) in [7, 11) is 1.39. The summed E-state index contributed by atoms with van der Waals surface area (Å²) in [6, 6.07) is 6.02. The Morgan fingerprint density at radius 2 is 2.33 bits per heavy atom. The van der Waals surface area contributed by atoms with Gasteiger partial charge in [-0.15, -0.1) is 0 Å². The molecule has 3 N–H and O–H groups in total. The average molecular weight is 248 g/mol. The molecule has 1 unspecified atom stereocenters. The lowest BCUT2D eigenvalue weighted by atomic mass is 9.94. The zero-order chi connectivity index (χ0) is 13.0. The third kappa shape index (κ3) is 2.82. The van der Waals surface area contributed by atoms with E-state index in [2.05, 4.69) is 5.32 Å². The number of nitrogens with two attached hydrogens (primary N) is 1. The van der Waals surface area contributed by atoms with Crippen molar-refractivity contribution in [3.8, 4) is 0 Å². The first-order valence-electron chi connectivity index (χ1n) is 6.41. The summed E-state index contributed by atoms with van der Waals surface area (Å²) in [6.07, 6.45) is 4.45. The van der Waals surface area contributed by atoms with E-state index in [9.17, 15) is 4.79 Å². The van der Waals surface area contributed by atoms with Gasteiger partial charge in [-0.3, -0.25) is 0 Å². The zero-order valence-corrected chi connectivity index (χ0v) is 10.7. The van der Waals surface area contributed by atoms with Gasteiger partial charge in [0.2, 0.25) is 0 Å². The van der Waals surface area contributed by atoms with Crippen molar-refractivity contribution < 1.29 is 9.53 Å². The van der Waals surface area contributed by atoms with Gasteiger partial charge in [0, 0.05) is 11.7 Å². The Morgan fingerprint density at radius 3 is 3.00 bits per heavy atom. The number of piperidine rings is 1. The van der Waals surface area contributed by atoms with E-state index >= 15 is 0 Å². The van der Waals surface area contributed by atoms with E-state index in [4.69, 9.17) is 10.5 Å². The van der Waals surface area contributed by atoms with Gasteiger partial charge in [-0.05, 0) is 37.4 Å². The molecule has 1 aliphatic rings. The maximum atomic E-state index is 11.8. The highest BCUT2D eigenvalue weighted by molar-refractivity contribution is 5.96. The number of carbonyl (C=O) groups excluding carboxylic acids is 1. The second-order valence-electron chi connectivity index (χ2n) is 4.72. The number of carbonyl (C=O) groups is 1. The molecular formula is C14H20N2O2. The van der Waals surface area contributed by atoms with E-state index in [-0.39, 0.29) is 5.97 Å². The molecule has 0 spiro atoms. The van der Waals surface area contributed by atoms with Gasteiger partial charge in [-0.1, -0.05) is 18.6 Å². The van der Waals surface area contributed by atoms with Crippen LogP contribution in [0.1, 0.15) is 35.2 Å². The Hall–Kier alpha value is -1.55. The zero-order valence-electron chi connectivity index (χ0n) is 10.7. The number of hydrogen-bond donors (Lipinski definition) is 2. The van der Waals surface area contributed by atoms with Crippen LogP contribution in [0.4, 0.5) is 5.69 Å². The number of hydrogen-bond acceptors (Lipinski definition) is 4. The summed E-state index contributed by atoms with van der Waals surface area (Å²) in [5.74, 6) is -0.348. The van der Waals surface area contributed by atoms with Crippen LogP contribution in [0.15, 0.2) is 18.2 Å². The van der Waals surface area contributed by atoms with E-state index in [1.807, 2.05) is 12.1 Å². The smallest absolute Gasteiger partial charge is 0.340 e. The molecule has 0 bridgehead atoms. The summed E-state index contributed by atoms with van der Waals surface area (Å²) in [6.45, 7) is 1.06. The fourth-order valence-corrected chi connectivity index (χ4v) is 2.50. The highest BCUT2D eigenvalue weighted by atomic mass is 16.5. The normalized spacial score (nSPS) is 19.5. The molecule has 0 amide bonds. The van der Waals surface area contributed by atoms with Crippen molar-refractivity contribution in [3.63, 3.8) is 0 Å². The molecule has 4 heteroatoms. The van der Waals surface area contributed by atoms with Gasteiger partial charge < -0.3 is 15.8 Å². The lowest BCUT2D eigenvalue weighted by Gasteiger charge is -2.24. The van der Waals surface area contributed by atoms with E-state index in [1.54, 1.807) is 6.07 Å². The first-order chi connectivity index (χ1) is 8.72. The van der Waals surface area contributed by atoms with Crippen molar-refractivity contribution in [2.75, 3.05) is 19.4 Å². The molecule has 98 valence electrons. The summed E-state index contributed by atoms with van der Waals surface area (Å²) in [5.41, 5.74) is 7.87. The second kappa shape index (κ2) is 5.87. The van der Waals surface area contributed by atoms with E-state index in [1.165, 1.54) is 20.0 Å². The number of benzene rings is 1. The number of nitrogens with one attached hydrogen (secondary N) is 1. The van der Waals surface area contributed by atoms with Gasteiger partial charge in [0.25, 0.3) is 0 Å². The average Bonchev–Trinajstić information content (AvgIpc) is 2.39. The van der Waals surface area contributed by atoms with Gasteiger partial charge in [0.1, 0.15) is 0 Å². The maximum absolute atomic E-state index is 11.8. The number of ether oxygens (including phenoxy) is 1. The van der Waals surface area contributed by atoms with Crippen LogP contribution in [0.2, 0.25) is 0 Å². The molecule has 1 heterocycles. The molecule has 1 saturated heterocycles. The van der Waals surface area contributed by atoms with Crippen molar-refractivity contribution in [2.24, 2.45) is 0 Å². The Balaban J connectivity index is 2.20. The maximum Gasteiger partial charge on any atom is 0.340 e. The molecule has 1 atom stereocenters. The quantitative estimate of drug-likeness (QED) is 0.631. The Kier molecular flexibility index (Phi) is 4.20. The monoisotopic (exact) mass is 248 g/mol. The van der Waals surface area contributed by atoms with Gasteiger partial charge in [0.05, 0.1) is 12.7 Å². The highest BCUT2D eigenvalue weighted by Gasteiger charge is 2.19. The molecule has 1 fully saturated rings. The van der Waals surface area contributed by atoms with Crippen LogP contribution in [0.3, 0.4) is 0 Å². The lowest BCUT2D eigenvalue weighted by molar-refractivity contribution is 0.0600. The number of rotatable bonds is 3. The summed E-state index contributed by atoms with van der Waals surface area (Å²) < 4.78 is 4.81. The van der Waals surface area contributed by atoms with Gasteiger partial charge in [0.15, 0.2) is 0 Å². The van der Waals surface area contributed by atoms with Crippen LogP contribution in [0, 0.1) is 0 Å². The predicted octanol–water partition coefficient (Wildman–Crippen LogP) is 1.74. The molecule has 0 aliphatic carbocycles. The molecular weight excluding hydrogens is 228 g/mol. The minimum atomic E-state index is -0.348. The predicted molar refractivity (Wildman–Crippen MR) is 71.5 cm³/mol. The van der Waals surface area contributed by atoms with Crippen LogP contribution in [-0.2, 0) is 11.2 Å². The minimum Gasteiger partial charge on any atom is -0.465 e. The minimum absolute atomic E-state index is 0.348. The second-order valence-corrected chi connectivity index (χ2v) is 4.72. The van der Waals surface area contributed by atoms with E-state index in [0.29, 0.717) is 17.3 Å². The standard InChI is InChI=1S/C14H20N2O2/c1-18-14(17)13-10(5-4-7-12(13)15)9-11-6-2-3-8-16-11/h4-5,7,11,16H,2-3,6,8-9,15H2,1H3. The highest BCUT2D eigenvalue weighted by Crippen LogP contribution is 2.21. The molecule has 2 rings (SSSR count). The van der Waals surface area contributed by atoms with E-state index in [0.717, 1.165) is 24.9 Å². The summed E-state index contributed by atoms with van der Waals surface area (Å²) in [5, 5.41) is 3.48. The van der Waals surface area contributed by atoms with Gasteiger partial charge in [-0.2, -0.15) is 0 Å². The van der Waals surface area contributed by atoms with Crippen molar-refractivity contribution in [1.29, 1.82) is 0 Å². The number of methoxy groups -OCH3 is 1. The fourth-order valence-electron chi connectivity index (χ4n) is 2.50. The Bertz CT molecular complexity index is 426. The Labute approximate surface area is 108 Å². The molecule has 1 aromatic rings. The van der Waals surface area contributed by atoms with E-state index < -0.39 is 0 Å². The van der Waals surface area contributed by atoms with Crippen LogP contribution in [0.25, 0.3) is 0 Å². The number of anilines is 1. The van der Waals surface area contributed by atoms with Crippen molar-refractivity contribution in [3.05, 3.63) is 29.3 Å². The molecule has 4 nitrogen and oxygen atoms in total. The summed E-state index contributed by atoms with van der Waals surface area (Å²) in [4.78, 5) is 11.8. The van der Waals surface area contributed by atoms with Crippen LogP contribution in [-0.4, -0.2) is 25.7 Å². The molecule has 1 aromatic carbocycles. The molecule has 1 aliphatic heterocycles. The lowest BCUT2D eigenvalue weighted by Crippen LogP contribution is -2.36. The van der Waals surface area contributed by atoms with Crippen molar-refractivity contribution in [1.82, 2.24) is 5.32 Å². The Morgan fingerprint density at radius 1 is 1.50 bits per heavy atom. The third-order valence-corrected chi connectivity index (χ3v) is 3.45. The largest absolute Gasteiger partial charge is 0.465 e. The van der Waals surface area contributed by atoms with Gasteiger partial charge >= 0.3 is 5.97 Å². The van der Waals surface area contributed by atoms with Gasteiger partial charge in [-0.25, -0.2) is 4.79 Å². The number of nitrogen functional groups attached to an aromatic ring is 1. The molecule has 0 aromatic heterocycles. The fraction of sp³-hybridized carbons (Fsp3) is 0.500. The molecule has 18 heavy (non-hydrogen) atoms. The van der Waals surface area contributed by atoms with Crippen LogP contribution >= 0.6 is 0 Å². The SMILES string of the molecule is COC(=O)c1c(N)cccc1CC1CCCCN1. The van der Waals surface area contributed by atoms with Crippen molar-refractivity contribution in [2.45, 2.75) is 31.7 Å². The molecule has 0 saturated carbocycles. The first-order valence-corrected chi connectivity index (χ1v) is 6.41. The summed E-state index contributed by atoms with van der Waals surface area (Å²) >= 11 is 0. The molecule has 0 radical (unpaired) electrons.